The fraction of sp³-hybridized carbons (Fsp3) is 0.0625. The second kappa shape index (κ2) is 6.53. The van der Waals surface area contributed by atoms with E-state index >= 15 is 0 Å². The van der Waals surface area contributed by atoms with Crippen molar-refractivity contribution in [1.29, 1.82) is 0 Å². The molecular weight excluding hydrogens is 284 g/mol. The van der Waals surface area contributed by atoms with Gasteiger partial charge < -0.3 is 15.7 Å². The molecule has 0 saturated carbocycles. The quantitative estimate of drug-likeness (QED) is 0.460. The standard InChI is InChI=1S/C16H14N2O4/c1-10(19)11-6-8-12(9-7-11)17-15(21)16(22)18-13-4-2-3-5-14(13)20/h2-9,20H,1H3,(H,17,21)(H,18,22). The van der Waals surface area contributed by atoms with Gasteiger partial charge in [0, 0.05) is 11.3 Å². The molecule has 2 amide bonds. The number of phenolic OH excluding ortho intramolecular Hbond substituents is 1. The normalized spacial score (nSPS) is 9.86. The molecule has 0 aliphatic heterocycles. The zero-order chi connectivity index (χ0) is 16.1. The van der Waals surface area contributed by atoms with Gasteiger partial charge >= 0.3 is 11.8 Å². The smallest absolute Gasteiger partial charge is 0.314 e. The van der Waals surface area contributed by atoms with Crippen molar-refractivity contribution in [2.75, 3.05) is 10.6 Å². The number of nitrogens with one attached hydrogen (secondary N) is 2. The highest BCUT2D eigenvalue weighted by Gasteiger charge is 2.15. The first kappa shape index (κ1) is 15.2. The number of carbonyl (C=O) groups excluding carboxylic acids is 3. The maximum Gasteiger partial charge on any atom is 0.314 e. The highest BCUT2D eigenvalue weighted by molar-refractivity contribution is 6.43. The number of benzene rings is 2. The molecule has 0 fully saturated rings. The van der Waals surface area contributed by atoms with Crippen LogP contribution in [0.2, 0.25) is 0 Å². The van der Waals surface area contributed by atoms with Crippen molar-refractivity contribution in [3.8, 4) is 5.75 Å². The number of carbonyl (C=O) groups is 3. The molecule has 0 aliphatic carbocycles. The lowest BCUT2D eigenvalue weighted by atomic mass is 10.1. The molecule has 0 aromatic heterocycles. The maximum atomic E-state index is 11.8. The number of rotatable bonds is 3. The molecule has 22 heavy (non-hydrogen) atoms. The molecule has 0 bridgehead atoms. The van der Waals surface area contributed by atoms with Gasteiger partial charge in [0.15, 0.2) is 5.78 Å². The first-order valence-corrected chi connectivity index (χ1v) is 6.48. The van der Waals surface area contributed by atoms with E-state index in [-0.39, 0.29) is 17.2 Å². The number of para-hydroxylation sites is 2. The van der Waals surface area contributed by atoms with E-state index in [1.807, 2.05) is 0 Å². The Bertz CT molecular complexity index is 723. The van der Waals surface area contributed by atoms with Crippen LogP contribution in [-0.4, -0.2) is 22.7 Å². The summed E-state index contributed by atoms with van der Waals surface area (Å²) in [4.78, 5) is 34.7. The van der Waals surface area contributed by atoms with E-state index in [1.54, 1.807) is 24.3 Å². The molecule has 112 valence electrons. The van der Waals surface area contributed by atoms with Crippen LogP contribution in [0.3, 0.4) is 0 Å². The SMILES string of the molecule is CC(=O)c1ccc(NC(=O)C(=O)Nc2ccccc2O)cc1. The van der Waals surface area contributed by atoms with Crippen LogP contribution in [-0.2, 0) is 9.59 Å². The van der Waals surface area contributed by atoms with Gasteiger partial charge in [-0.3, -0.25) is 14.4 Å². The predicted octanol–water partition coefficient (Wildman–Crippen LogP) is 2.17. The van der Waals surface area contributed by atoms with Crippen LogP contribution in [0.15, 0.2) is 48.5 Å². The Morgan fingerprint density at radius 3 is 2.05 bits per heavy atom. The fourth-order valence-corrected chi connectivity index (χ4v) is 1.73. The topological polar surface area (TPSA) is 95.5 Å². The Balaban J connectivity index is 2.01. The van der Waals surface area contributed by atoms with Crippen molar-refractivity contribution in [1.82, 2.24) is 0 Å². The van der Waals surface area contributed by atoms with Crippen molar-refractivity contribution in [2.45, 2.75) is 6.92 Å². The lowest BCUT2D eigenvalue weighted by Gasteiger charge is -2.08. The van der Waals surface area contributed by atoms with Gasteiger partial charge in [0.25, 0.3) is 0 Å². The predicted molar refractivity (Wildman–Crippen MR) is 81.8 cm³/mol. The first-order chi connectivity index (χ1) is 10.5. The second-order valence-corrected chi connectivity index (χ2v) is 4.56. The summed E-state index contributed by atoms with van der Waals surface area (Å²) in [5.74, 6) is -2.00. The molecule has 0 unspecified atom stereocenters. The average molecular weight is 298 g/mol. The van der Waals surface area contributed by atoms with Gasteiger partial charge in [0.2, 0.25) is 0 Å². The summed E-state index contributed by atoms with van der Waals surface area (Å²) in [6, 6.07) is 12.3. The van der Waals surface area contributed by atoms with Gasteiger partial charge in [0.1, 0.15) is 5.75 Å². The first-order valence-electron chi connectivity index (χ1n) is 6.48. The van der Waals surface area contributed by atoms with Crippen molar-refractivity contribution in [3.05, 3.63) is 54.1 Å². The lowest BCUT2D eigenvalue weighted by Crippen LogP contribution is -2.29. The van der Waals surface area contributed by atoms with Gasteiger partial charge in [-0.2, -0.15) is 0 Å². The van der Waals surface area contributed by atoms with Crippen molar-refractivity contribution in [2.24, 2.45) is 0 Å². The van der Waals surface area contributed by atoms with E-state index in [0.29, 0.717) is 11.3 Å². The van der Waals surface area contributed by atoms with Crippen molar-refractivity contribution < 1.29 is 19.5 Å². The zero-order valence-electron chi connectivity index (χ0n) is 11.8. The monoisotopic (exact) mass is 298 g/mol. The summed E-state index contributed by atoms with van der Waals surface area (Å²) in [5.41, 5.74) is 1.05. The molecule has 6 heteroatoms. The zero-order valence-corrected chi connectivity index (χ0v) is 11.8. The van der Waals surface area contributed by atoms with Crippen molar-refractivity contribution >= 4 is 29.0 Å². The lowest BCUT2D eigenvalue weighted by molar-refractivity contribution is -0.133. The van der Waals surface area contributed by atoms with Gasteiger partial charge in [0.05, 0.1) is 5.69 Å². The fourth-order valence-electron chi connectivity index (χ4n) is 1.73. The molecule has 2 aromatic carbocycles. The van der Waals surface area contributed by atoms with Gasteiger partial charge in [-0.05, 0) is 43.3 Å². The largest absolute Gasteiger partial charge is 0.506 e. The van der Waals surface area contributed by atoms with Crippen LogP contribution in [0.1, 0.15) is 17.3 Å². The molecule has 0 atom stereocenters. The molecule has 2 rings (SSSR count). The molecule has 0 aliphatic rings. The molecule has 6 nitrogen and oxygen atoms in total. The Kier molecular flexibility index (Phi) is 4.53. The van der Waals surface area contributed by atoms with E-state index in [4.69, 9.17) is 0 Å². The Morgan fingerprint density at radius 1 is 0.864 bits per heavy atom. The van der Waals surface area contributed by atoms with E-state index in [0.717, 1.165) is 0 Å². The highest BCUT2D eigenvalue weighted by atomic mass is 16.3. The number of Topliss-reactive ketones (excluding diaryl/α,β-unsaturated/α-hetero) is 1. The van der Waals surface area contributed by atoms with Crippen LogP contribution in [0.25, 0.3) is 0 Å². The number of anilines is 2. The minimum absolute atomic E-state index is 0.0878. The third-order valence-electron chi connectivity index (χ3n) is 2.91. The van der Waals surface area contributed by atoms with Crippen LogP contribution < -0.4 is 10.6 Å². The molecule has 3 N–H and O–H groups in total. The summed E-state index contributed by atoms with van der Waals surface area (Å²) in [6.45, 7) is 1.44. The Hall–Kier alpha value is -3.15. The summed E-state index contributed by atoms with van der Waals surface area (Å²) >= 11 is 0. The molecule has 0 spiro atoms. The number of amides is 2. The molecule has 0 saturated heterocycles. The van der Waals surface area contributed by atoms with Gasteiger partial charge in [-0.15, -0.1) is 0 Å². The summed E-state index contributed by atoms with van der Waals surface area (Å²) in [6.07, 6.45) is 0. The van der Waals surface area contributed by atoms with Crippen LogP contribution in [0.5, 0.6) is 5.75 Å². The Morgan fingerprint density at radius 2 is 1.45 bits per heavy atom. The van der Waals surface area contributed by atoms with Crippen molar-refractivity contribution in [3.63, 3.8) is 0 Å². The average Bonchev–Trinajstić information content (AvgIpc) is 2.50. The maximum absolute atomic E-state index is 11.8. The minimum Gasteiger partial charge on any atom is -0.506 e. The van der Waals surface area contributed by atoms with Crippen LogP contribution in [0.4, 0.5) is 11.4 Å². The molecule has 0 heterocycles. The van der Waals surface area contributed by atoms with Gasteiger partial charge in [-0.25, -0.2) is 0 Å². The second-order valence-electron chi connectivity index (χ2n) is 4.56. The summed E-state index contributed by atoms with van der Waals surface area (Å²) < 4.78 is 0. The number of hydrogen-bond donors (Lipinski definition) is 3. The number of phenols is 1. The highest BCUT2D eigenvalue weighted by Crippen LogP contribution is 2.21. The van der Waals surface area contributed by atoms with E-state index < -0.39 is 11.8 Å². The van der Waals surface area contributed by atoms with Crippen LogP contribution in [0, 0.1) is 0 Å². The minimum atomic E-state index is -0.905. The van der Waals surface area contributed by atoms with Gasteiger partial charge in [-0.1, -0.05) is 12.1 Å². The molecular formula is C16H14N2O4. The summed E-state index contributed by atoms with van der Waals surface area (Å²) in [5, 5.41) is 14.2. The number of aromatic hydroxyl groups is 1. The molecule has 0 radical (unpaired) electrons. The third kappa shape index (κ3) is 3.69. The summed E-state index contributed by atoms with van der Waals surface area (Å²) in [7, 11) is 0. The van der Waals surface area contributed by atoms with E-state index in [1.165, 1.54) is 31.2 Å². The number of hydrogen-bond acceptors (Lipinski definition) is 4. The van der Waals surface area contributed by atoms with E-state index in [2.05, 4.69) is 10.6 Å². The van der Waals surface area contributed by atoms with Crippen LogP contribution >= 0.6 is 0 Å². The van der Waals surface area contributed by atoms with E-state index in [9.17, 15) is 19.5 Å². The number of ketones is 1. The Labute approximate surface area is 126 Å². The third-order valence-corrected chi connectivity index (χ3v) is 2.91. The molecule has 2 aromatic rings.